The number of nitrogens with one attached hydrogen (secondary N) is 2. The number of aromatic nitrogens is 1. The highest BCUT2D eigenvalue weighted by Gasteiger charge is 2.08. The quantitative estimate of drug-likeness (QED) is 0.661. The first-order valence-corrected chi connectivity index (χ1v) is 4.81. The molecule has 82 valence electrons. The third-order valence-corrected chi connectivity index (χ3v) is 1.94. The van der Waals surface area contributed by atoms with E-state index < -0.39 is 5.56 Å². The summed E-state index contributed by atoms with van der Waals surface area (Å²) < 4.78 is 0. The molecule has 0 aromatic carbocycles. The molecule has 0 aliphatic heterocycles. The van der Waals surface area contributed by atoms with Crippen molar-refractivity contribution in [2.45, 2.75) is 19.8 Å². The summed E-state index contributed by atoms with van der Waals surface area (Å²) in [6.45, 7) is 2.55. The van der Waals surface area contributed by atoms with Gasteiger partial charge in [-0.1, -0.05) is 6.92 Å². The minimum atomic E-state index is -0.573. The minimum absolute atomic E-state index is 0.0236. The molecule has 1 aromatic heterocycles. The number of rotatable bonds is 4. The third kappa shape index (κ3) is 3.12. The fraction of sp³-hybridized carbons (Fsp3) is 0.400. The Balaban J connectivity index is 2.68. The molecular formula is C10H14N2O3. The molecule has 5 heteroatoms. The van der Waals surface area contributed by atoms with Crippen LogP contribution in [0.4, 0.5) is 0 Å². The van der Waals surface area contributed by atoms with Crippen molar-refractivity contribution in [1.29, 1.82) is 0 Å². The Kier molecular flexibility index (Phi) is 3.91. The molecule has 15 heavy (non-hydrogen) atoms. The van der Waals surface area contributed by atoms with Crippen LogP contribution in [0.2, 0.25) is 0 Å². The summed E-state index contributed by atoms with van der Waals surface area (Å²) >= 11 is 0. The zero-order valence-corrected chi connectivity index (χ0v) is 8.54. The van der Waals surface area contributed by atoms with Crippen molar-refractivity contribution in [3.05, 3.63) is 28.2 Å². The Morgan fingerprint density at radius 1 is 1.60 bits per heavy atom. The standard InChI is InChI=1S/C10H14N2O3/c1-2-4-11-8(13)6-7-3-5-12-10(15)9(7)14/h3,5,14H,2,4,6H2,1H3,(H,11,13)(H,12,15). The second kappa shape index (κ2) is 5.19. The van der Waals surface area contributed by atoms with Gasteiger partial charge in [-0.3, -0.25) is 9.59 Å². The van der Waals surface area contributed by atoms with Gasteiger partial charge in [0.25, 0.3) is 5.56 Å². The fourth-order valence-electron chi connectivity index (χ4n) is 1.15. The second-order valence-electron chi connectivity index (χ2n) is 3.21. The van der Waals surface area contributed by atoms with Crippen molar-refractivity contribution < 1.29 is 9.90 Å². The number of hydrogen-bond donors (Lipinski definition) is 3. The molecule has 0 fully saturated rings. The predicted octanol–water partition coefficient (Wildman–Crippen LogP) is 0.149. The molecule has 1 rings (SSSR count). The van der Waals surface area contributed by atoms with E-state index >= 15 is 0 Å². The maximum atomic E-state index is 11.3. The van der Waals surface area contributed by atoms with Crippen LogP contribution in [-0.4, -0.2) is 22.5 Å². The highest BCUT2D eigenvalue weighted by Crippen LogP contribution is 2.09. The Morgan fingerprint density at radius 2 is 2.33 bits per heavy atom. The molecule has 0 bridgehead atoms. The Bertz CT molecular complexity index is 398. The second-order valence-corrected chi connectivity index (χ2v) is 3.21. The Morgan fingerprint density at radius 3 is 3.00 bits per heavy atom. The lowest BCUT2D eigenvalue weighted by molar-refractivity contribution is -0.120. The van der Waals surface area contributed by atoms with Crippen molar-refractivity contribution in [1.82, 2.24) is 10.3 Å². The summed E-state index contributed by atoms with van der Waals surface area (Å²) in [5.74, 6) is -0.582. The van der Waals surface area contributed by atoms with Crippen molar-refractivity contribution in [3.63, 3.8) is 0 Å². The van der Waals surface area contributed by atoms with Crippen molar-refractivity contribution in [2.75, 3.05) is 6.54 Å². The minimum Gasteiger partial charge on any atom is -0.503 e. The molecule has 0 aliphatic carbocycles. The maximum Gasteiger partial charge on any atom is 0.290 e. The topological polar surface area (TPSA) is 82.2 Å². The van der Waals surface area contributed by atoms with Crippen LogP contribution in [0.15, 0.2) is 17.1 Å². The van der Waals surface area contributed by atoms with Crippen LogP contribution in [0.25, 0.3) is 0 Å². The summed E-state index contributed by atoms with van der Waals surface area (Å²) in [6, 6.07) is 1.52. The van der Waals surface area contributed by atoms with Crippen LogP contribution in [0, 0.1) is 0 Å². The summed E-state index contributed by atoms with van der Waals surface area (Å²) in [6.07, 6.45) is 2.29. The molecule has 5 nitrogen and oxygen atoms in total. The summed E-state index contributed by atoms with van der Waals surface area (Å²) in [7, 11) is 0. The number of carbonyl (C=O) groups is 1. The first-order valence-electron chi connectivity index (χ1n) is 4.81. The molecule has 0 radical (unpaired) electrons. The van der Waals surface area contributed by atoms with E-state index in [1.165, 1.54) is 12.3 Å². The molecule has 3 N–H and O–H groups in total. The molecule has 0 saturated carbocycles. The average molecular weight is 210 g/mol. The first kappa shape index (κ1) is 11.3. The van der Waals surface area contributed by atoms with Crippen LogP contribution in [0.1, 0.15) is 18.9 Å². The van der Waals surface area contributed by atoms with Gasteiger partial charge in [0.15, 0.2) is 5.75 Å². The van der Waals surface area contributed by atoms with Gasteiger partial charge in [-0.25, -0.2) is 0 Å². The van der Waals surface area contributed by atoms with Gasteiger partial charge in [0, 0.05) is 18.3 Å². The van der Waals surface area contributed by atoms with Crippen molar-refractivity contribution in [3.8, 4) is 5.75 Å². The predicted molar refractivity (Wildman–Crippen MR) is 55.7 cm³/mol. The molecule has 1 amide bonds. The molecule has 0 unspecified atom stereocenters. The molecule has 1 aromatic rings. The highest BCUT2D eigenvalue weighted by atomic mass is 16.3. The van der Waals surface area contributed by atoms with E-state index in [2.05, 4.69) is 10.3 Å². The van der Waals surface area contributed by atoms with Gasteiger partial charge in [0.05, 0.1) is 6.42 Å². The first-order chi connectivity index (χ1) is 7.15. The highest BCUT2D eigenvalue weighted by molar-refractivity contribution is 5.79. The SMILES string of the molecule is CCCNC(=O)Cc1cc[nH]c(=O)c1O. The lowest BCUT2D eigenvalue weighted by Gasteiger charge is -2.04. The number of pyridine rings is 1. The number of aromatic hydroxyl groups is 1. The largest absolute Gasteiger partial charge is 0.503 e. The van der Waals surface area contributed by atoms with Gasteiger partial charge in [-0.2, -0.15) is 0 Å². The van der Waals surface area contributed by atoms with Gasteiger partial charge in [-0.05, 0) is 12.5 Å². The van der Waals surface area contributed by atoms with E-state index in [-0.39, 0.29) is 18.1 Å². The van der Waals surface area contributed by atoms with Gasteiger partial charge < -0.3 is 15.4 Å². The van der Waals surface area contributed by atoms with Gasteiger partial charge >= 0.3 is 0 Å². The Hall–Kier alpha value is -1.78. The average Bonchev–Trinajstić information content (AvgIpc) is 2.22. The zero-order chi connectivity index (χ0) is 11.3. The van der Waals surface area contributed by atoms with Crippen LogP contribution in [-0.2, 0) is 11.2 Å². The van der Waals surface area contributed by atoms with Crippen LogP contribution >= 0.6 is 0 Å². The summed E-state index contributed by atoms with van der Waals surface area (Å²) in [4.78, 5) is 24.6. The number of amides is 1. The summed E-state index contributed by atoms with van der Waals surface area (Å²) in [5.41, 5.74) is -0.233. The summed E-state index contributed by atoms with van der Waals surface area (Å²) in [5, 5.41) is 12.0. The normalized spacial score (nSPS) is 9.93. The molecule has 0 aliphatic rings. The third-order valence-electron chi connectivity index (χ3n) is 1.94. The number of hydrogen-bond acceptors (Lipinski definition) is 3. The Labute approximate surface area is 87.1 Å². The molecule has 0 saturated heterocycles. The van der Waals surface area contributed by atoms with Crippen molar-refractivity contribution >= 4 is 5.91 Å². The molecule has 1 heterocycles. The lowest BCUT2D eigenvalue weighted by atomic mass is 10.1. The van der Waals surface area contributed by atoms with E-state index in [1.54, 1.807) is 0 Å². The molecular weight excluding hydrogens is 196 g/mol. The molecule has 0 atom stereocenters. The van der Waals surface area contributed by atoms with Gasteiger partial charge in [0.2, 0.25) is 5.91 Å². The smallest absolute Gasteiger partial charge is 0.290 e. The van der Waals surface area contributed by atoms with Gasteiger partial charge in [0.1, 0.15) is 0 Å². The zero-order valence-electron chi connectivity index (χ0n) is 8.54. The van der Waals surface area contributed by atoms with Crippen LogP contribution in [0.5, 0.6) is 5.75 Å². The maximum absolute atomic E-state index is 11.3. The van der Waals surface area contributed by atoms with E-state index in [0.717, 1.165) is 6.42 Å². The monoisotopic (exact) mass is 210 g/mol. The van der Waals surface area contributed by atoms with E-state index in [0.29, 0.717) is 12.1 Å². The fourth-order valence-corrected chi connectivity index (χ4v) is 1.15. The van der Waals surface area contributed by atoms with E-state index in [9.17, 15) is 14.7 Å². The van der Waals surface area contributed by atoms with E-state index in [1.807, 2.05) is 6.92 Å². The molecule has 0 spiro atoms. The van der Waals surface area contributed by atoms with Crippen LogP contribution in [0.3, 0.4) is 0 Å². The number of aromatic amines is 1. The number of carbonyl (C=O) groups excluding carboxylic acids is 1. The van der Waals surface area contributed by atoms with Crippen molar-refractivity contribution in [2.24, 2.45) is 0 Å². The van der Waals surface area contributed by atoms with E-state index in [4.69, 9.17) is 0 Å². The van der Waals surface area contributed by atoms with Gasteiger partial charge in [-0.15, -0.1) is 0 Å². The number of H-pyrrole nitrogens is 1. The van der Waals surface area contributed by atoms with Crippen LogP contribution < -0.4 is 10.9 Å². The lowest BCUT2D eigenvalue weighted by Crippen LogP contribution is -2.26.